The summed E-state index contributed by atoms with van der Waals surface area (Å²) in [5.74, 6) is 0.0583. The molecule has 0 bridgehead atoms. The molecule has 0 fully saturated rings. The minimum Gasteiger partial charge on any atom is -0.486 e. The zero-order chi connectivity index (χ0) is 23.4. The van der Waals surface area contributed by atoms with Gasteiger partial charge in [0.25, 0.3) is 0 Å². The van der Waals surface area contributed by atoms with Gasteiger partial charge in [0.05, 0.1) is 12.2 Å². The Labute approximate surface area is 200 Å². The molecule has 4 rings (SSSR count). The lowest BCUT2D eigenvalue weighted by atomic mass is 10.1. The van der Waals surface area contributed by atoms with E-state index >= 15 is 0 Å². The quantitative estimate of drug-likeness (QED) is 0.272. The largest absolute Gasteiger partial charge is 0.486 e. The van der Waals surface area contributed by atoms with Crippen LogP contribution in [-0.4, -0.2) is 41.4 Å². The maximum Gasteiger partial charge on any atom is 0.331 e. The maximum absolute atomic E-state index is 12.4. The SMILES string of the molecule is Cc1nn(Cc2ccccc2Cl)c(Cl)c1C=CC(=O)OCC(=O)c1ccc2c(c1)OCCO2. The normalized spacial score (nSPS) is 12.7. The third-order valence-electron chi connectivity index (χ3n) is 4.98. The number of halogens is 2. The first-order valence-electron chi connectivity index (χ1n) is 10.2. The lowest BCUT2D eigenvalue weighted by Gasteiger charge is -2.18. The van der Waals surface area contributed by atoms with Crippen molar-refractivity contribution in [3.05, 3.63) is 81.1 Å². The Kier molecular flexibility index (Phi) is 7.01. The number of nitrogens with zero attached hydrogens (tertiary/aromatic N) is 2. The average Bonchev–Trinajstić information content (AvgIpc) is 3.09. The lowest BCUT2D eigenvalue weighted by Crippen LogP contribution is -2.17. The topological polar surface area (TPSA) is 79.7 Å². The molecule has 1 aromatic heterocycles. The van der Waals surface area contributed by atoms with Gasteiger partial charge in [0.15, 0.2) is 23.9 Å². The van der Waals surface area contributed by atoms with Crippen LogP contribution in [0.2, 0.25) is 10.2 Å². The van der Waals surface area contributed by atoms with E-state index in [9.17, 15) is 9.59 Å². The predicted molar refractivity (Wildman–Crippen MR) is 124 cm³/mol. The number of esters is 1. The number of benzene rings is 2. The molecule has 170 valence electrons. The number of aromatic nitrogens is 2. The molecule has 1 aliphatic heterocycles. The van der Waals surface area contributed by atoms with Crippen LogP contribution in [0.3, 0.4) is 0 Å². The number of Topliss-reactive ketones (excluding diaryl/α,β-unsaturated/α-hetero) is 1. The number of rotatable bonds is 7. The molecule has 2 heterocycles. The van der Waals surface area contributed by atoms with Crippen LogP contribution in [0.1, 0.15) is 27.2 Å². The highest BCUT2D eigenvalue weighted by Gasteiger charge is 2.16. The van der Waals surface area contributed by atoms with Gasteiger partial charge in [0.2, 0.25) is 0 Å². The van der Waals surface area contributed by atoms with E-state index in [4.69, 9.17) is 37.4 Å². The number of carbonyl (C=O) groups is 2. The van der Waals surface area contributed by atoms with E-state index < -0.39 is 12.6 Å². The minimum absolute atomic E-state index is 0.351. The number of aryl methyl sites for hydroxylation is 1. The van der Waals surface area contributed by atoms with Crippen LogP contribution in [0.5, 0.6) is 11.5 Å². The molecule has 0 amide bonds. The fourth-order valence-electron chi connectivity index (χ4n) is 3.29. The summed E-state index contributed by atoms with van der Waals surface area (Å²) in [6.45, 7) is 2.66. The number of ether oxygens (including phenoxy) is 3. The van der Waals surface area contributed by atoms with Crippen LogP contribution in [0, 0.1) is 6.92 Å². The van der Waals surface area contributed by atoms with E-state index in [0.717, 1.165) is 5.56 Å². The first kappa shape index (κ1) is 22.9. The van der Waals surface area contributed by atoms with Crippen LogP contribution in [-0.2, 0) is 16.1 Å². The zero-order valence-corrected chi connectivity index (χ0v) is 19.2. The number of ketones is 1. The Morgan fingerprint density at radius 3 is 2.67 bits per heavy atom. The monoisotopic (exact) mass is 486 g/mol. The summed E-state index contributed by atoms with van der Waals surface area (Å²) in [6, 6.07) is 12.3. The molecule has 2 aromatic carbocycles. The van der Waals surface area contributed by atoms with Gasteiger partial charge in [0, 0.05) is 22.2 Å². The van der Waals surface area contributed by atoms with Gasteiger partial charge in [-0.05, 0) is 42.8 Å². The number of fused-ring (bicyclic) bond motifs is 1. The summed E-state index contributed by atoms with van der Waals surface area (Å²) in [6.07, 6.45) is 2.73. The van der Waals surface area contributed by atoms with Crippen molar-refractivity contribution in [2.75, 3.05) is 19.8 Å². The van der Waals surface area contributed by atoms with Gasteiger partial charge in [-0.15, -0.1) is 0 Å². The van der Waals surface area contributed by atoms with Gasteiger partial charge in [-0.25, -0.2) is 9.48 Å². The summed E-state index contributed by atoms with van der Waals surface area (Å²) >= 11 is 12.7. The molecule has 0 atom stereocenters. The molecule has 0 aliphatic carbocycles. The van der Waals surface area contributed by atoms with E-state index in [2.05, 4.69) is 5.10 Å². The van der Waals surface area contributed by atoms with E-state index in [1.807, 2.05) is 18.2 Å². The molecule has 7 nitrogen and oxygen atoms in total. The molecule has 0 unspecified atom stereocenters. The van der Waals surface area contributed by atoms with Gasteiger partial charge >= 0.3 is 5.97 Å². The van der Waals surface area contributed by atoms with Gasteiger partial charge in [0.1, 0.15) is 18.4 Å². The van der Waals surface area contributed by atoms with Crippen LogP contribution >= 0.6 is 23.2 Å². The van der Waals surface area contributed by atoms with Crippen molar-refractivity contribution < 1.29 is 23.8 Å². The smallest absolute Gasteiger partial charge is 0.331 e. The second kappa shape index (κ2) is 10.1. The number of carbonyl (C=O) groups excluding carboxylic acids is 2. The second-order valence-corrected chi connectivity index (χ2v) is 8.03. The minimum atomic E-state index is -0.671. The van der Waals surface area contributed by atoms with Crippen molar-refractivity contribution in [2.45, 2.75) is 13.5 Å². The molecule has 0 saturated heterocycles. The Balaban J connectivity index is 1.37. The van der Waals surface area contributed by atoms with E-state index in [-0.39, 0.29) is 5.78 Å². The first-order chi connectivity index (χ1) is 15.9. The molecule has 0 spiro atoms. The van der Waals surface area contributed by atoms with Crippen molar-refractivity contribution in [2.24, 2.45) is 0 Å². The van der Waals surface area contributed by atoms with Gasteiger partial charge < -0.3 is 14.2 Å². The lowest BCUT2D eigenvalue weighted by molar-refractivity contribution is -0.136. The molecule has 9 heteroatoms. The highest BCUT2D eigenvalue weighted by atomic mass is 35.5. The van der Waals surface area contributed by atoms with Gasteiger partial charge in [-0.2, -0.15) is 5.10 Å². The Morgan fingerprint density at radius 1 is 1.12 bits per heavy atom. The van der Waals surface area contributed by atoms with Crippen LogP contribution in [0.15, 0.2) is 48.5 Å². The standard InChI is InChI=1S/C24H20Cl2N2O5/c1-15-18(24(26)28(27-15)13-17-4-2-3-5-19(17)25)7-9-23(30)33-14-20(29)16-6-8-21-22(12-16)32-11-10-31-21/h2-9,12H,10-11,13-14H2,1H3. The van der Waals surface area contributed by atoms with E-state index in [1.165, 1.54) is 12.2 Å². The molecule has 33 heavy (non-hydrogen) atoms. The average molecular weight is 487 g/mol. The molecule has 1 aliphatic rings. The van der Waals surface area contributed by atoms with Crippen molar-refractivity contribution in [1.29, 1.82) is 0 Å². The van der Waals surface area contributed by atoms with Crippen molar-refractivity contribution in [3.63, 3.8) is 0 Å². The maximum atomic E-state index is 12.4. The highest BCUT2D eigenvalue weighted by molar-refractivity contribution is 6.32. The number of hydrogen-bond acceptors (Lipinski definition) is 6. The second-order valence-electron chi connectivity index (χ2n) is 7.26. The van der Waals surface area contributed by atoms with E-state index in [1.54, 1.807) is 35.9 Å². The molecular formula is C24H20Cl2N2O5. The fraction of sp³-hybridized carbons (Fsp3) is 0.208. The summed E-state index contributed by atoms with van der Waals surface area (Å²) in [5, 5.41) is 5.40. The summed E-state index contributed by atoms with van der Waals surface area (Å²) in [5.41, 5.74) is 2.47. The van der Waals surface area contributed by atoms with Crippen LogP contribution < -0.4 is 9.47 Å². The Bertz CT molecular complexity index is 1240. The van der Waals surface area contributed by atoms with Crippen molar-refractivity contribution >= 4 is 41.0 Å². The third kappa shape index (κ3) is 5.38. The molecule has 3 aromatic rings. The predicted octanol–water partition coefficient (Wildman–Crippen LogP) is 4.76. The van der Waals surface area contributed by atoms with E-state index in [0.29, 0.717) is 58.3 Å². The van der Waals surface area contributed by atoms with Gasteiger partial charge in [-0.1, -0.05) is 41.4 Å². The molecule has 0 radical (unpaired) electrons. The fourth-order valence-corrected chi connectivity index (χ4v) is 3.78. The van der Waals surface area contributed by atoms with Crippen molar-refractivity contribution in [1.82, 2.24) is 9.78 Å². The van der Waals surface area contributed by atoms with Gasteiger partial charge in [-0.3, -0.25) is 4.79 Å². The summed E-state index contributed by atoms with van der Waals surface area (Å²) in [7, 11) is 0. The highest BCUT2D eigenvalue weighted by Crippen LogP contribution is 2.31. The zero-order valence-electron chi connectivity index (χ0n) is 17.7. The van der Waals surface area contributed by atoms with Crippen LogP contribution in [0.25, 0.3) is 6.08 Å². The Hall–Kier alpha value is -3.29. The summed E-state index contributed by atoms with van der Waals surface area (Å²) in [4.78, 5) is 24.5. The molecule has 0 saturated carbocycles. The Morgan fingerprint density at radius 2 is 1.88 bits per heavy atom. The van der Waals surface area contributed by atoms with Crippen LogP contribution in [0.4, 0.5) is 0 Å². The first-order valence-corrected chi connectivity index (χ1v) is 10.9. The molecular weight excluding hydrogens is 467 g/mol. The number of hydrogen-bond donors (Lipinski definition) is 0. The molecule has 0 N–H and O–H groups in total. The third-order valence-corrected chi connectivity index (χ3v) is 5.75. The van der Waals surface area contributed by atoms with Crippen molar-refractivity contribution in [3.8, 4) is 11.5 Å². The summed E-state index contributed by atoms with van der Waals surface area (Å²) < 4.78 is 17.6.